The van der Waals surface area contributed by atoms with Crippen LogP contribution in [0, 0.1) is 0 Å². The molecular weight excluding hydrogens is 196 g/mol. The van der Waals surface area contributed by atoms with E-state index in [0.717, 1.165) is 16.5 Å². The lowest BCUT2D eigenvalue weighted by atomic mass is 10.1. The molecular formula is C11H10O2S. The summed E-state index contributed by atoms with van der Waals surface area (Å²) >= 11 is 4.41. The van der Waals surface area contributed by atoms with Gasteiger partial charge in [0.15, 0.2) is 0 Å². The topological polar surface area (TPSA) is 26.3 Å². The van der Waals surface area contributed by atoms with E-state index in [1.54, 1.807) is 0 Å². The summed E-state index contributed by atoms with van der Waals surface area (Å²) in [5.41, 5.74) is 1.72. The van der Waals surface area contributed by atoms with Gasteiger partial charge in [0.2, 0.25) is 0 Å². The average molecular weight is 206 g/mol. The summed E-state index contributed by atoms with van der Waals surface area (Å²) in [6.45, 7) is 3.98. The Morgan fingerprint density at radius 3 is 2.64 bits per heavy atom. The van der Waals surface area contributed by atoms with Crippen molar-refractivity contribution in [3.05, 3.63) is 42.5 Å². The Labute approximate surface area is 88.2 Å². The van der Waals surface area contributed by atoms with Crippen LogP contribution in [0.25, 0.3) is 5.57 Å². The molecule has 0 heterocycles. The van der Waals surface area contributed by atoms with Crippen molar-refractivity contribution in [2.24, 2.45) is 0 Å². The van der Waals surface area contributed by atoms with Gasteiger partial charge in [0.1, 0.15) is 6.61 Å². The van der Waals surface area contributed by atoms with Crippen LogP contribution in [0.3, 0.4) is 0 Å². The van der Waals surface area contributed by atoms with Gasteiger partial charge >= 0.3 is 5.97 Å². The zero-order valence-electron chi connectivity index (χ0n) is 7.60. The molecule has 0 spiro atoms. The Bertz CT molecular complexity index is 344. The van der Waals surface area contributed by atoms with E-state index < -0.39 is 5.97 Å². The van der Waals surface area contributed by atoms with E-state index in [0.29, 0.717) is 0 Å². The number of rotatable bonds is 4. The molecule has 0 radical (unpaired) electrons. The van der Waals surface area contributed by atoms with E-state index in [2.05, 4.69) is 18.8 Å². The summed E-state index contributed by atoms with van der Waals surface area (Å²) < 4.78 is 4.81. The number of benzene rings is 1. The van der Waals surface area contributed by atoms with Crippen molar-refractivity contribution in [3.8, 4) is 0 Å². The van der Waals surface area contributed by atoms with Crippen molar-refractivity contribution in [1.82, 2.24) is 0 Å². The molecule has 0 aliphatic heterocycles. The van der Waals surface area contributed by atoms with E-state index in [1.807, 2.05) is 30.3 Å². The molecule has 0 amide bonds. The van der Waals surface area contributed by atoms with Crippen molar-refractivity contribution in [3.63, 3.8) is 0 Å². The fourth-order valence-corrected chi connectivity index (χ4v) is 1.02. The normalized spacial score (nSPS) is 9.14. The molecule has 0 bridgehead atoms. The van der Waals surface area contributed by atoms with Gasteiger partial charge in [-0.3, -0.25) is 0 Å². The number of hydrogen-bond acceptors (Lipinski definition) is 3. The van der Waals surface area contributed by atoms with Gasteiger partial charge < -0.3 is 4.74 Å². The first-order valence-electron chi connectivity index (χ1n) is 4.09. The largest absolute Gasteiger partial charge is 0.457 e. The molecule has 0 aromatic heterocycles. The first-order valence-corrected chi connectivity index (χ1v) is 4.56. The Hall–Kier alpha value is -1.48. The number of esters is 1. The van der Waals surface area contributed by atoms with Crippen molar-refractivity contribution in [1.29, 1.82) is 0 Å². The van der Waals surface area contributed by atoms with Crippen LogP contribution in [0.2, 0.25) is 0 Å². The highest BCUT2D eigenvalue weighted by Crippen LogP contribution is 2.11. The minimum atomic E-state index is -0.503. The monoisotopic (exact) mass is 206 g/mol. The van der Waals surface area contributed by atoms with Crippen LogP contribution >= 0.6 is 12.2 Å². The van der Waals surface area contributed by atoms with E-state index in [4.69, 9.17) is 4.74 Å². The highest BCUT2D eigenvalue weighted by atomic mass is 32.1. The second-order valence-electron chi connectivity index (χ2n) is 2.70. The van der Waals surface area contributed by atoms with E-state index in [-0.39, 0.29) is 6.61 Å². The van der Waals surface area contributed by atoms with Crippen molar-refractivity contribution in [2.45, 2.75) is 0 Å². The van der Waals surface area contributed by atoms with E-state index >= 15 is 0 Å². The quantitative estimate of drug-likeness (QED) is 0.558. The molecule has 0 aliphatic carbocycles. The molecule has 0 aliphatic rings. The van der Waals surface area contributed by atoms with Crippen LogP contribution in [-0.4, -0.2) is 17.9 Å². The summed E-state index contributed by atoms with van der Waals surface area (Å²) in [6.07, 6.45) is 0. The van der Waals surface area contributed by atoms with Crippen molar-refractivity contribution in [2.75, 3.05) is 6.61 Å². The Balaban J connectivity index is 2.52. The summed E-state index contributed by atoms with van der Waals surface area (Å²) in [6, 6.07) is 9.55. The van der Waals surface area contributed by atoms with Crippen LogP contribution < -0.4 is 0 Å². The lowest BCUT2D eigenvalue weighted by molar-refractivity contribution is -0.133. The molecule has 0 fully saturated rings. The van der Waals surface area contributed by atoms with Crippen LogP contribution in [0.5, 0.6) is 0 Å². The number of carbonyl (C=O) groups is 1. The molecule has 1 aromatic carbocycles. The fourth-order valence-electron chi connectivity index (χ4n) is 0.949. The number of hydrogen-bond donors (Lipinski definition) is 0. The van der Waals surface area contributed by atoms with Gasteiger partial charge in [-0.05, 0) is 11.1 Å². The van der Waals surface area contributed by atoms with Crippen LogP contribution in [0.15, 0.2) is 36.9 Å². The van der Waals surface area contributed by atoms with Crippen LogP contribution in [0.4, 0.5) is 0 Å². The van der Waals surface area contributed by atoms with Gasteiger partial charge in [-0.15, -0.1) is 0 Å². The smallest absolute Gasteiger partial charge is 0.342 e. The zero-order chi connectivity index (χ0) is 10.4. The molecule has 1 aromatic rings. The average Bonchev–Trinajstić information content (AvgIpc) is 2.26. The maximum atomic E-state index is 10.7. The molecule has 0 saturated carbocycles. The summed E-state index contributed by atoms with van der Waals surface area (Å²) in [5.74, 6) is -0.503. The third-order valence-electron chi connectivity index (χ3n) is 1.67. The van der Waals surface area contributed by atoms with Gasteiger partial charge in [0, 0.05) is 0 Å². The first kappa shape index (κ1) is 10.6. The Morgan fingerprint density at radius 2 is 2.07 bits per heavy atom. The molecule has 2 nitrogen and oxygen atoms in total. The second kappa shape index (κ2) is 5.29. The number of carbonyl (C=O) groups excluding carboxylic acids is 1. The first-order chi connectivity index (χ1) is 6.74. The molecule has 3 heteroatoms. The van der Waals surface area contributed by atoms with Crippen LogP contribution in [0.1, 0.15) is 5.56 Å². The zero-order valence-corrected chi connectivity index (χ0v) is 8.42. The highest BCUT2D eigenvalue weighted by Gasteiger charge is 2.01. The maximum Gasteiger partial charge on any atom is 0.342 e. The van der Waals surface area contributed by atoms with Gasteiger partial charge in [0.05, 0.1) is 5.37 Å². The minimum absolute atomic E-state index is 0.177. The molecule has 0 N–H and O–H groups in total. The lowest BCUT2D eigenvalue weighted by Crippen LogP contribution is -2.06. The standard InChI is InChI=1S/C11H10O2S/c1-9(7-13-11(12)8-14)10-5-3-2-4-6-10/h2-6,8H,1,7H2. The summed E-state index contributed by atoms with van der Waals surface area (Å²) in [4.78, 5) is 10.7. The molecule has 0 saturated heterocycles. The maximum absolute atomic E-state index is 10.7. The van der Waals surface area contributed by atoms with Crippen LogP contribution in [-0.2, 0) is 9.53 Å². The van der Waals surface area contributed by atoms with E-state index in [9.17, 15) is 4.79 Å². The van der Waals surface area contributed by atoms with Crippen molar-refractivity contribution >= 4 is 29.1 Å². The summed E-state index contributed by atoms with van der Waals surface area (Å²) in [7, 11) is 0. The number of ether oxygens (including phenoxy) is 1. The van der Waals surface area contributed by atoms with Gasteiger partial charge in [-0.1, -0.05) is 49.1 Å². The van der Waals surface area contributed by atoms with E-state index in [1.165, 1.54) is 0 Å². The van der Waals surface area contributed by atoms with Gasteiger partial charge in [-0.25, -0.2) is 4.79 Å². The van der Waals surface area contributed by atoms with Gasteiger partial charge in [0.25, 0.3) is 0 Å². The molecule has 1 rings (SSSR count). The summed E-state index contributed by atoms with van der Waals surface area (Å²) in [5, 5.41) is 0.971. The Morgan fingerprint density at radius 1 is 1.43 bits per heavy atom. The molecule has 14 heavy (non-hydrogen) atoms. The molecule has 72 valence electrons. The predicted molar refractivity (Wildman–Crippen MR) is 60.1 cm³/mol. The highest BCUT2D eigenvalue weighted by molar-refractivity contribution is 7.80. The molecule has 0 unspecified atom stereocenters. The SMILES string of the molecule is C=C(COC(=O)C=S)c1ccccc1. The fraction of sp³-hybridized carbons (Fsp3) is 0.0909. The van der Waals surface area contributed by atoms with Gasteiger partial charge in [-0.2, -0.15) is 0 Å². The Kier molecular flexibility index (Phi) is 4.01. The van der Waals surface area contributed by atoms with Crippen molar-refractivity contribution < 1.29 is 9.53 Å². The second-order valence-corrected chi connectivity index (χ2v) is 2.93. The minimum Gasteiger partial charge on any atom is -0.457 e. The third kappa shape index (κ3) is 3.11. The predicted octanol–water partition coefficient (Wildman–Crippen LogP) is 2.24. The lowest BCUT2D eigenvalue weighted by Gasteiger charge is -2.05. The number of thiocarbonyl (C=S) groups is 1. The molecule has 0 atom stereocenters. The third-order valence-corrected chi connectivity index (χ3v) is 1.86.